The standard InChI is InChI=1S/C26H35N3O6S/c1-6-19(3)27-26(31)20(4)28(16-21-9-7-8-18(2)14-21)25(30)17-29(36(5,32)33)22-10-11-23-24(15-22)35-13-12-34-23/h7-11,14-15,19-20H,6,12-13,16-17H2,1-5H3,(H,27,31)/t19-,20+/m0/s1. The minimum Gasteiger partial charge on any atom is -0.486 e. The summed E-state index contributed by atoms with van der Waals surface area (Å²) in [7, 11) is -3.83. The Balaban J connectivity index is 1.91. The molecule has 0 aliphatic carbocycles. The minimum atomic E-state index is -3.83. The molecular weight excluding hydrogens is 482 g/mol. The van der Waals surface area contributed by atoms with E-state index in [9.17, 15) is 18.0 Å². The molecule has 1 heterocycles. The SMILES string of the molecule is CC[C@H](C)NC(=O)[C@@H](C)N(Cc1cccc(C)c1)C(=O)CN(c1ccc2c(c1)OCCO2)S(C)(=O)=O. The molecule has 10 heteroatoms. The third kappa shape index (κ3) is 6.90. The fraction of sp³-hybridized carbons (Fsp3) is 0.462. The zero-order valence-corrected chi connectivity index (χ0v) is 22.3. The zero-order valence-electron chi connectivity index (χ0n) is 21.5. The van der Waals surface area contributed by atoms with E-state index < -0.39 is 28.5 Å². The van der Waals surface area contributed by atoms with Gasteiger partial charge in [0.15, 0.2) is 11.5 Å². The Kier molecular flexibility index (Phi) is 8.84. The Morgan fingerprint density at radius 2 is 1.75 bits per heavy atom. The number of carbonyl (C=O) groups excluding carboxylic acids is 2. The van der Waals surface area contributed by atoms with Gasteiger partial charge in [-0.1, -0.05) is 36.8 Å². The Labute approximate surface area is 213 Å². The number of anilines is 1. The van der Waals surface area contributed by atoms with Gasteiger partial charge in [0.1, 0.15) is 25.8 Å². The summed E-state index contributed by atoms with van der Waals surface area (Å²) in [6.45, 7) is 7.90. The number of fused-ring (bicyclic) bond motifs is 1. The van der Waals surface area contributed by atoms with Crippen molar-refractivity contribution in [1.82, 2.24) is 10.2 Å². The van der Waals surface area contributed by atoms with Crippen LogP contribution in [0.1, 0.15) is 38.3 Å². The maximum Gasteiger partial charge on any atom is 0.244 e. The fourth-order valence-corrected chi connectivity index (χ4v) is 4.70. The molecule has 36 heavy (non-hydrogen) atoms. The van der Waals surface area contributed by atoms with Crippen LogP contribution in [0.5, 0.6) is 11.5 Å². The number of amides is 2. The van der Waals surface area contributed by atoms with E-state index in [1.807, 2.05) is 45.0 Å². The topological polar surface area (TPSA) is 105 Å². The van der Waals surface area contributed by atoms with Crippen LogP contribution < -0.4 is 19.1 Å². The van der Waals surface area contributed by atoms with Crippen molar-refractivity contribution >= 4 is 27.5 Å². The monoisotopic (exact) mass is 517 g/mol. The quantitative estimate of drug-likeness (QED) is 0.520. The highest BCUT2D eigenvalue weighted by Gasteiger charge is 2.31. The van der Waals surface area contributed by atoms with Crippen LogP contribution in [0.4, 0.5) is 5.69 Å². The molecule has 0 radical (unpaired) electrons. The molecule has 2 aromatic rings. The van der Waals surface area contributed by atoms with Gasteiger partial charge in [0.2, 0.25) is 21.8 Å². The molecule has 9 nitrogen and oxygen atoms in total. The highest BCUT2D eigenvalue weighted by molar-refractivity contribution is 7.92. The average molecular weight is 518 g/mol. The summed E-state index contributed by atoms with van der Waals surface area (Å²) in [6.07, 6.45) is 1.79. The molecule has 0 unspecified atom stereocenters. The highest BCUT2D eigenvalue weighted by atomic mass is 32.2. The summed E-state index contributed by atoms with van der Waals surface area (Å²) in [5.74, 6) is 0.137. The van der Waals surface area contributed by atoms with Crippen molar-refractivity contribution in [3.8, 4) is 11.5 Å². The van der Waals surface area contributed by atoms with E-state index in [-0.39, 0.29) is 24.2 Å². The molecule has 1 aliphatic rings. The van der Waals surface area contributed by atoms with Gasteiger partial charge in [-0.3, -0.25) is 13.9 Å². The first-order chi connectivity index (χ1) is 17.0. The van der Waals surface area contributed by atoms with E-state index in [2.05, 4.69) is 5.32 Å². The summed E-state index contributed by atoms with van der Waals surface area (Å²) in [4.78, 5) is 28.0. The van der Waals surface area contributed by atoms with Crippen LogP contribution in [0.15, 0.2) is 42.5 Å². The number of carbonyl (C=O) groups is 2. The number of benzene rings is 2. The molecule has 196 valence electrons. The van der Waals surface area contributed by atoms with Gasteiger partial charge in [-0.15, -0.1) is 0 Å². The smallest absolute Gasteiger partial charge is 0.244 e. The van der Waals surface area contributed by atoms with Crippen LogP contribution >= 0.6 is 0 Å². The number of nitrogens with zero attached hydrogens (tertiary/aromatic N) is 2. The molecule has 0 saturated carbocycles. The van der Waals surface area contributed by atoms with Crippen molar-refractivity contribution < 1.29 is 27.5 Å². The van der Waals surface area contributed by atoms with Crippen LogP contribution in [-0.4, -0.2) is 63.2 Å². The second-order valence-corrected chi connectivity index (χ2v) is 11.0. The number of nitrogens with one attached hydrogen (secondary N) is 1. The number of hydrogen-bond donors (Lipinski definition) is 1. The lowest BCUT2D eigenvalue weighted by Crippen LogP contribution is -2.52. The third-order valence-corrected chi connectivity index (χ3v) is 7.24. The van der Waals surface area contributed by atoms with Crippen molar-refractivity contribution in [3.05, 3.63) is 53.6 Å². The van der Waals surface area contributed by atoms with Gasteiger partial charge >= 0.3 is 0 Å². The van der Waals surface area contributed by atoms with Gasteiger partial charge in [-0.05, 0) is 44.9 Å². The normalized spacial score (nSPS) is 14.5. The summed E-state index contributed by atoms with van der Waals surface area (Å²) in [5, 5.41) is 2.92. The number of ether oxygens (including phenoxy) is 2. The second-order valence-electron chi connectivity index (χ2n) is 9.10. The van der Waals surface area contributed by atoms with Gasteiger partial charge in [0.05, 0.1) is 11.9 Å². The summed E-state index contributed by atoms with van der Waals surface area (Å²) in [5.41, 5.74) is 2.14. The van der Waals surface area contributed by atoms with Crippen molar-refractivity contribution in [2.24, 2.45) is 0 Å². The minimum absolute atomic E-state index is 0.0545. The molecule has 1 N–H and O–H groups in total. The first-order valence-corrected chi connectivity index (χ1v) is 13.9. The molecule has 0 saturated heterocycles. The number of rotatable bonds is 10. The average Bonchev–Trinajstić information content (AvgIpc) is 2.84. The molecule has 0 spiro atoms. The van der Waals surface area contributed by atoms with Crippen LogP contribution in [0.2, 0.25) is 0 Å². The molecule has 3 rings (SSSR count). The fourth-order valence-electron chi connectivity index (χ4n) is 3.86. The number of sulfonamides is 1. The van der Waals surface area contributed by atoms with E-state index in [1.165, 1.54) is 4.90 Å². The van der Waals surface area contributed by atoms with E-state index in [4.69, 9.17) is 9.47 Å². The predicted molar refractivity (Wildman–Crippen MR) is 139 cm³/mol. The van der Waals surface area contributed by atoms with Crippen LogP contribution in [0, 0.1) is 6.92 Å². The molecule has 2 amide bonds. The first-order valence-electron chi connectivity index (χ1n) is 12.0. The lowest BCUT2D eigenvalue weighted by Gasteiger charge is -2.32. The lowest BCUT2D eigenvalue weighted by atomic mass is 10.1. The molecular formula is C26H35N3O6S. The van der Waals surface area contributed by atoms with Gasteiger partial charge in [0.25, 0.3) is 0 Å². The van der Waals surface area contributed by atoms with E-state index >= 15 is 0 Å². The first kappa shape index (κ1) is 27.3. The Morgan fingerprint density at radius 1 is 1.06 bits per heavy atom. The van der Waals surface area contributed by atoms with E-state index in [0.29, 0.717) is 24.7 Å². The summed E-state index contributed by atoms with van der Waals surface area (Å²) < 4.78 is 37.6. The third-order valence-electron chi connectivity index (χ3n) is 6.10. The second kappa shape index (κ2) is 11.6. The maximum absolute atomic E-state index is 13.6. The van der Waals surface area contributed by atoms with Crippen LogP contribution in [-0.2, 0) is 26.2 Å². The van der Waals surface area contributed by atoms with Gasteiger partial charge in [0, 0.05) is 18.7 Å². The Hall–Kier alpha value is -3.27. The van der Waals surface area contributed by atoms with Crippen LogP contribution in [0.3, 0.4) is 0 Å². The van der Waals surface area contributed by atoms with Gasteiger partial charge in [-0.2, -0.15) is 0 Å². The highest BCUT2D eigenvalue weighted by Crippen LogP contribution is 2.34. The molecule has 2 aromatic carbocycles. The van der Waals surface area contributed by atoms with Crippen molar-refractivity contribution in [3.63, 3.8) is 0 Å². The summed E-state index contributed by atoms with van der Waals surface area (Å²) >= 11 is 0. The molecule has 0 aromatic heterocycles. The van der Waals surface area contributed by atoms with Crippen molar-refractivity contribution in [2.45, 2.75) is 52.7 Å². The number of aryl methyl sites for hydroxylation is 1. The van der Waals surface area contributed by atoms with Gasteiger partial charge in [-0.25, -0.2) is 8.42 Å². The number of hydrogen-bond acceptors (Lipinski definition) is 6. The molecule has 0 fully saturated rings. The summed E-state index contributed by atoms with van der Waals surface area (Å²) in [6, 6.07) is 11.5. The Morgan fingerprint density at radius 3 is 2.39 bits per heavy atom. The Bertz CT molecular complexity index is 1200. The van der Waals surface area contributed by atoms with Crippen molar-refractivity contribution in [2.75, 3.05) is 30.3 Å². The van der Waals surface area contributed by atoms with Crippen LogP contribution in [0.25, 0.3) is 0 Å². The molecule has 0 bridgehead atoms. The zero-order chi connectivity index (χ0) is 26.5. The predicted octanol–water partition coefficient (Wildman–Crippen LogP) is 2.86. The van der Waals surface area contributed by atoms with E-state index in [1.54, 1.807) is 25.1 Å². The van der Waals surface area contributed by atoms with E-state index in [0.717, 1.165) is 28.1 Å². The van der Waals surface area contributed by atoms with Gasteiger partial charge < -0.3 is 19.7 Å². The maximum atomic E-state index is 13.6. The molecule has 1 aliphatic heterocycles. The lowest BCUT2D eigenvalue weighted by molar-refractivity contribution is -0.139. The largest absolute Gasteiger partial charge is 0.486 e. The van der Waals surface area contributed by atoms with Crippen molar-refractivity contribution in [1.29, 1.82) is 0 Å². The molecule has 2 atom stereocenters.